The molecule has 0 saturated carbocycles. The number of imidazole rings is 1. The molecule has 7 heteroatoms. The molecule has 2 aromatic heterocycles. The third-order valence-corrected chi connectivity index (χ3v) is 3.33. The third-order valence-electron chi connectivity index (χ3n) is 3.33. The number of hydrogen-bond acceptors (Lipinski definition) is 5. The van der Waals surface area contributed by atoms with Gasteiger partial charge in [0.2, 0.25) is 5.91 Å². The van der Waals surface area contributed by atoms with Gasteiger partial charge in [-0.3, -0.25) is 4.79 Å². The first-order chi connectivity index (χ1) is 9.24. The number of carbonyl (C=O) groups excluding carboxylic acids is 1. The molecule has 19 heavy (non-hydrogen) atoms. The molecule has 2 aromatic rings. The fourth-order valence-electron chi connectivity index (χ4n) is 2.29. The highest BCUT2D eigenvalue weighted by Gasteiger charge is 2.25. The van der Waals surface area contributed by atoms with E-state index in [1.54, 1.807) is 12.5 Å². The largest absolute Gasteiger partial charge is 0.374 e. The Kier molecular flexibility index (Phi) is 3.12. The van der Waals surface area contributed by atoms with Crippen molar-refractivity contribution in [2.45, 2.75) is 31.9 Å². The van der Waals surface area contributed by atoms with E-state index in [9.17, 15) is 9.90 Å². The molecule has 1 amide bonds. The molecule has 3 heterocycles. The van der Waals surface area contributed by atoms with Crippen molar-refractivity contribution in [3.05, 3.63) is 18.3 Å². The van der Waals surface area contributed by atoms with E-state index in [-0.39, 0.29) is 5.91 Å². The van der Waals surface area contributed by atoms with Crippen molar-refractivity contribution in [3.8, 4) is 0 Å². The Hall–Kier alpha value is -2.02. The molecule has 1 aliphatic heterocycles. The predicted molar refractivity (Wildman–Crippen MR) is 67.0 cm³/mol. The number of nitrogens with zero attached hydrogens (tertiary/aromatic N) is 4. The van der Waals surface area contributed by atoms with Crippen LogP contribution >= 0.6 is 0 Å². The van der Waals surface area contributed by atoms with Gasteiger partial charge in [0, 0.05) is 19.4 Å². The van der Waals surface area contributed by atoms with Crippen LogP contribution in [-0.4, -0.2) is 48.6 Å². The summed E-state index contributed by atoms with van der Waals surface area (Å²) in [5, 5.41) is 9.80. The molecule has 0 spiro atoms. The lowest BCUT2D eigenvalue weighted by molar-refractivity contribution is -0.146. The van der Waals surface area contributed by atoms with Crippen LogP contribution in [-0.2, 0) is 11.2 Å². The van der Waals surface area contributed by atoms with Crippen molar-refractivity contribution in [2.24, 2.45) is 0 Å². The van der Waals surface area contributed by atoms with Crippen molar-refractivity contribution in [1.29, 1.82) is 0 Å². The molecule has 1 fully saturated rings. The number of carbonyl (C=O) groups is 1. The molecule has 100 valence electrons. The average Bonchev–Trinajstić information content (AvgIpc) is 2.85. The first-order valence-electron chi connectivity index (χ1n) is 6.36. The van der Waals surface area contributed by atoms with Gasteiger partial charge in [-0.05, 0) is 12.8 Å². The van der Waals surface area contributed by atoms with Crippen LogP contribution in [0.4, 0.5) is 0 Å². The van der Waals surface area contributed by atoms with Gasteiger partial charge >= 0.3 is 0 Å². The molecule has 2 N–H and O–H groups in total. The van der Waals surface area contributed by atoms with E-state index in [1.807, 2.05) is 0 Å². The Labute approximate surface area is 109 Å². The minimum Gasteiger partial charge on any atom is -0.374 e. The molecule has 0 aromatic carbocycles. The van der Waals surface area contributed by atoms with Gasteiger partial charge in [0.15, 0.2) is 5.65 Å². The molecule has 1 saturated heterocycles. The molecule has 1 atom stereocenters. The number of H-pyrrole nitrogens is 1. The first kappa shape index (κ1) is 12.0. The Balaban J connectivity index is 1.69. The highest BCUT2D eigenvalue weighted by molar-refractivity contribution is 5.77. The van der Waals surface area contributed by atoms with Crippen molar-refractivity contribution in [2.75, 3.05) is 6.54 Å². The standard InChI is InChI=1S/C12H15N5O2/c18-10-2-1-3-11(19)17(10)5-4-9-13-6-8-12(16-9)15-7-14-8/h6-7,10,18H,1-5H2,(H,13,14,15,16). The van der Waals surface area contributed by atoms with Crippen LogP contribution in [0.15, 0.2) is 12.5 Å². The number of fused-ring (bicyclic) bond motifs is 1. The van der Waals surface area contributed by atoms with Gasteiger partial charge in [-0.2, -0.15) is 0 Å². The minimum atomic E-state index is -0.671. The van der Waals surface area contributed by atoms with Gasteiger partial charge < -0.3 is 15.0 Å². The summed E-state index contributed by atoms with van der Waals surface area (Å²) in [5.74, 6) is 0.629. The SMILES string of the molecule is O=C1CCCC(O)N1CCc1ncc2[nH]cnc2n1. The molecule has 0 bridgehead atoms. The number of piperidine rings is 1. The monoisotopic (exact) mass is 261 g/mol. The molecule has 0 radical (unpaired) electrons. The first-order valence-corrected chi connectivity index (χ1v) is 6.36. The summed E-state index contributed by atoms with van der Waals surface area (Å²) in [4.78, 5) is 28.7. The lowest BCUT2D eigenvalue weighted by Gasteiger charge is -2.31. The predicted octanol–water partition coefficient (Wildman–Crippen LogP) is 0.226. The maximum Gasteiger partial charge on any atom is 0.224 e. The topological polar surface area (TPSA) is 95.0 Å². The highest BCUT2D eigenvalue weighted by atomic mass is 16.3. The minimum absolute atomic E-state index is 0.000373. The normalized spacial score (nSPS) is 20.2. The molecule has 3 rings (SSSR count). The van der Waals surface area contributed by atoms with Crippen LogP contribution in [0.3, 0.4) is 0 Å². The van der Waals surface area contributed by atoms with Crippen LogP contribution in [0.1, 0.15) is 25.1 Å². The van der Waals surface area contributed by atoms with Gasteiger partial charge in [-0.25, -0.2) is 15.0 Å². The van der Waals surface area contributed by atoms with Crippen molar-refractivity contribution in [3.63, 3.8) is 0 Å². The fourth-order valence-corrected chi connectivity index (χ4v) is 2.29. The number of aliphatic hydroxyl groups excluding tert-OH is 1. The summed E-state index contributed by atoms with van der Waals surface area (Å²) in [5.41, 5.74) is 1.41. The van der Waals surface area contributed by atoms with E-state index in [0.717, 1.165) is 11.9 Å². The Morgan fingerprint density at radius 2 is 2.37 bits per heavy atom. The number of aromatic amines is 1. The highest BCUT2D eigenvalue weighted by Crippen LogP contribution is 2.16. The Morgan fingerprint density at radius 1 is 1.47 bits per heavy atom. The third kappa shape index (κ3) is 2.41. The van der Waals surface area contributed by atoms with Crippen molar-refractivity contribution in [1.82, 2.24) is 24.8 Å². The summed E-state index contributed by atoms with van der Waals surface area (Å²) in [6.45, 7) is 0.440. The van der Waals surface area contributed by atoms with Crippen LogP contribution < -0.4 is 0 Å². The summed E-state index contributed by atoms with van der Waals surface area (Å²) in [6.07, 6.45) is 5.01. The Bertz CT molecular complexity index is 597. The van der Waals surface area contributed by atoms with E-state index in [4.69, 9.17) is 0 Å². The second-order valence-corrected chi connectivity index (χ2v) is 4.64. The molecular weight excluding hydrogens is 246 g/mol. The summed E-state index contributed by atoms with van der Waals surface area (Å²) in [6, 6.07) is 0. The van der Waals surface area contributed by atoms with Crippen LogP contribution in [0.5, 0.6) is 0 Å². The number of hydrogen-bond donors (Lipinski definition) is 2. The zero-order chi connectivity index (χ0) is 13.2. The quantitative estimate of drug-likeness (QED) is 0.824. The van der Waals surface area contributed by atoms with Crippen LogP contribution in [0, 0.1) is 0 Å². The number of rotatable bonds is 3. The fraction of sp³-hybridized carbons (Fsp3) is 0.500. The average molecular weight is 261 g/mol. The molecule has 1 unspecified atom stereocenters. The maximum atomic E-state index is 11.7. The zero-order valence-corrected chi connectivity index (χ0v) is 10.4. The van der Waals surface area contributed by atoms with Crippen LogP contribution in [0.25, 0.3) is 11.2 Å². The van der Waals surface area contributed by atoms with Gasteiger partial charge in [0.25, 0.3) is 0 Å². The van der Waals surface area contributed by atoms with Gasteiger partial charge in [0.1, 0.15) is 17.6 Å². The van der Waals surface area contributed by atoms with E-state index in [2.05, 4.69) is 19.9 Å². The van der Waals surface area contributed by atoms with Gasteiger partial charge in [-0.15, -0.1) is 0 Å². The maximum absolute atomic E-state index is 11.7. The number of amides is 1. The lowest BCUT2D eigenvalue weighted by Crippen LogP contribution is -2.44. The molecule has 7 nitrogen and oxygen atoms in total. The Morgan fingerprint density at radius 3 is 3.21 bits per heavy atom. The molecule has 1 aliphatic rings. The van der Waals surface area contributed by atoms with Gasteiger partial charge in [-0.1, -0.05) is 0 Å². The number of aromatic nitrogens is 4. The van der Waals surface area contributed by atoms with E-state index in [0.29, 0.717) is 37.3 Å². The number of aliphatic hydroxyl groups is 1. The van der Waals surface area contributed by atoms with E-state index in [1.165, 1.54) is 4.90 Å². The van der Waals surface area contributed by atoms with Crippen molar-refractivity contribution >= 4 is 17.1 Å². The molecular formula is C12H15N5O2. The van der Waals surface area contributed by atoms with Crippen LogP contribution in [0.2, 0.25) is 0 Å². The second-order valence-electron chi connectivity index (χ2n) is 4.64. The molecule has 0 aliphatic carbocycles. The summed E-state index contributed by atoms with van der Waals surface area (Å²) < 4.78 is 0. The zero-order valence-electron chi connectivity index (χ0n) is 10.4. The van der Waals surface area contributed by atoms with Crippen molar-refractivity contribution < 1.29 is 9.90 Å². The second kappa shape index (κ2) is 4.93. The summed E-state index contributed by atoms with van der Waals surface area (Å²) in [7, 11) is 0. The van der Waals surface area contributed by atoms with E-state index >= 15 is 0 Å². The summed E-state index contributed by atoms with van der Waals surface area (Å²) >= 11 is 0. The smallest absolute Gasteiger partial charge is 0.224 e. The lowest BCUT2D eigenvalue weighted by atomic mass is 10.1. The van der Waals surface area contributed by atoms with Gasteiger partial charge in [0.05, 0.1) is 12.5 Å². The number of likely N-dealkylation sites (tertiary alicyclic amines) is 1. The van der Waals surface area contributed by atoms with E-state index < -0.39 is 6.23 Å². The number of nitrogens with one attached hydrogen (secondary N) is 1.